The van der Waals surface area contributed by atoms with Crippen LogP contribution in [0.15, 0.2) is 34.7 Å². The van der Waals surface area contributed by atoms with Crippen molar-refractivity contribution < 1.29 is 23.8 Å². The van der Waals surface area contributed by atoms with Crippen molar-refractivity contribution in [3.05, 3.63) is 35.8 Å². The molecular weight excluding hydrogens is 320 g/mol. The Kier molecular flexibility index (Phi) is 2.86. The summed E-state index contributed by atoms with van der Waals surface area (Å²) in [7, 11) is 0. The first-order valence-corrected chi connectivity index (χ1v) is 9.15. The Labute approximate surface area is 147 Å². The van der Waals surface area contributed by atoms with Crippen LogP contribution in [-0.2, 0) is 14.3 Å². The number of aliphatic hydroxyl groups excluding tert-OH is 1. The number of esters is 1. The van der Waals surface area contributed by atoms with Crippen molar-refractivity contribution in [3.63, 3.8) is 0 Å². The number of aliphatic hydroxyl groups is 1. The molecule has 4 aliphatic rings. The van der Waals surface area contributed by atoms with E-state index < -0.39 is 17.1 Å². The highest BCUT2D eigenvalue weighted by Gasteiger charge is 2.74. The number of epoxide rings is 1. The van der Waals surface area contributed by atoms with Gasteiger partial charge in [-0.25, -0.2) is 0 Å². The molecule has 1 spiro atoms. The summed E-state index contributed by atoms with van der Waals surface area (Å²) in [4.78, 5) is 13.2. The molecule has 7 atom stereocenters. The second-order valence-corrected chi connectivity index (χ2v) is 8.61. The SMILES string of the molecule is C[C@@H]1CC[C@@]2(C)C(=C[C@@H](O)[C@H]3O[C@]32C)[C@@]12C[C@H](c1ccoc1)OC2=O. The number of rotatable bonds is 1. The third-order valence-electron chi connectivity index (χ3n) is 7.63. The second kappa shape index (κ2) is 4.57. The maximum absolute atomic E-state index is 13.2. The fourth-order valence-electron chi connectivity index (χ4n) is 5.74. The molecular formula is C20H24O5. The van der Waals surface area contributed by atoms with Crippen LogP contribution in [0.2, 0.25) is 0 Å². The van der Waals surface area contributed by atoms with Gasteiger partial charge in [0.25, 0.3) is 0 Å². The summed E-state index contributed by atoms with van der Waals surface area (Å²) in [5, 5.41) is 10.5. The van der Waals surface area contributed by atoms with Crippen LogP contribution in [0.4, 0.5) is 0 Å². The van der Waals surface area contributed by atoms with Crippen LogP contribution in [0.5, 0.6) is 0 Å². The predicted molar refractivity (Wildman–Crippen MR) is 88.5 cm³/mol. The molecule has 0 unspecified atom stereocenters. The van der Waals surface area contributed by atoms with E-state index in [0.29, 0.717) is 6.42 Å². The topological polar surface area (TPSA) is 72.2 Å². The third-order valence-corrected chi connectivity index (χ3v) is 7.63. The average molecular weight is 344 g/mol. The van der Waals surface area contributed by atoms with E-state index in [0.717, 1.165) is 24.0 Å². The molecule has 0 aromatic carbocycles. The second-order valence-electron chi connectivity index (χ2n) is 8.61. The van der Waals surface area contributed by atoms with E-state index in [2.05, 4.69) is 20.8 Å². The Bertz CT molecular complexity index is 767. The van der Waals surface area contributed by atoms with Gasteiger partial charge in [0.1, 0.15) is 23.9 Å². The summed E-state index contributed by atoms with van der Waals surface area (Å²) >= 11 is 0. The van der Waals surface area contributed by atoms with E-state index in [4.69, 9.17) is 13.9 Å². The fraction of sp³-hybridized carbons (Fsp3) is 0.650. The molecule has 2 aliphatic heterocycles. The summed E-state index contributed by atoms with van der Waals surface area (Å²) in [6, 6.07) is 1.86. The van der Waals surface area contributed by atoms with Gasteiger partial charge >= 0.3 is 5.97 Å². The van der Waals surface area contributed by atoms with Gasteiger partial charge in [0.15, 0.2) is 0 Å². The molecule has 1 aromatic rings. The minimum atomic E-state index is -0.685. The molecule has 1 N–H and O–H groups in total. The number of ether oxygens (including phenoxy) is 2. The zero-order valence-corrected chi connectivity index (χ0v) is 14.8. The number of carbonyl (C=O) groups is 1. The number of hydrogen-bond donors (Lipinski definition) is 1. The van der Waals surface area contributed by atoms with E-state index in [1.807, 2.05) is 12.1 Å². The molecule has 1 aromatic heterocycles. The van der Waals surface area contributed by atoms with Gasteiger partial charge in [-0.3, -0.25) is 4.79 Å². The van der Waals surface area contributed by atoms with Gasteiger partial charge in [-0.1, -0.05) is 19.9 Å². The first-order chi connectivity index (χ1) is 11.8. The maximum atomic E-state index is 13.2. The average Bonchev–Trinajstić information content (AvgIpc) is 2.96. The molecule has 5 nitrogen and oxygen atoms in total. The minimum absolute atomic E-state index is 0.159. The molecule has 2 aliphatic carbocycles. The lowest BCUT2D eigenvalue weighted by Crippen LogP contribution is -2.54. The Hall–Kier alpha value is -1.59. The van der Waals surface area contributed by atoms with Gasteiger partial charge in [0.2, 0.25) is 0 Å². The summed E-state index contributed by atoms with van der Waals surface area (Å²) in [5.41, 5.74) is 0.605. The molecule has 3 heterocycles. The molecule has 0 bridgehead atoms. The largest absolute Gasteiger partial charge is 0.472 e. The standard InChI is InChI=1S/C20H24O5/c1-11-4-6-18(2)15(8-13(21)16-19(18,3)25-16)20(11)9-14(24-17(20)22)12-5-7-23-10-12/h5,7-8,10-11,13-14,16,21H,4,6,9H2,1-3H3/t11-,13-,14-,16-,18+,19-,20-/m1/s1. The Balaban J connectivity index is 1.63. The van der Waals surface area contributed by atoms with Crippen molar-refractivity contribution in [1.82, 2.24) is 0 Å². The van der Waals surface area contributed by atoms with E-state index in [9.17, 15) is 9.90 Å². The molecule has 0 amide bonds. The van der Waals surface area contributed by atoms with Crippen LogP contribution in [0.1, 0.15) is 51.7 Å². The summed E-state index contributed by atoms with van der Waals surface area (Å²) in [6.07, 6.45) is 6.55. The number of carbonyl (C=O) groups excluding carboxylic acids is 1. The van der Waals surface area contributed by atoms with Crippen LogP contribution in [-0.4, -0.2) is 28.9 Å². The molecule has 134 valence electrons. The highest BCUT2D eigenvalue weighted by molar-refractivity contribution is 5.84. The number of cyclic esters (lactones) is 1. The molecule has 1 saturated carbocycles. The summed E-state index contributed by atoms with van der Waals surface area (Å²) in [5.74, 6) is 0.000557. The first-order valence-electron chi connectivity index (χ1n) is 9.15. The lowest BCUT2D eigenvalue weighted by atomic mass is 9.48. The zero-order valence-electron chi connectivity index (χ0n) is 14.8. The molecule has 5 rings (SSSR count). The Morgan fingerprint density at radius 2 is 2.12 bits per heavy atom. The van der Waals surface area contributed by atoms with E-state index in [-0.39, 0.29) is 29.5 Å². The van der Waals surface area contributed by atoms with Gasteiger partial charge in [-0.05, 0) is 37.3 Å². The van der Waals surface area contributed by atoms with Gasteiger partial charge in [0, 0.05) is 17.4 Å². The van der Waals surface area contributed by atoms with Gasteiger partial charge in [-0.2, -0.15) is 0 Å². The van der Waals surface area contributed by atoms with Gasteiger partial charge in [-0.15, -0.1) is 0 Å². The predicted octanol–water partition coefficient (Wildman–Crippen LogP) is 3.15. The van der Waals surface area contributed by atoms with Crippen molar-refractivity contribution in [2.24, 2.45) is 16.7 Å². The molecule has 2 saturated heterocycles. The quantitative estimate of drug-likeness (QED) is 0.481. The van der Waals surface area contributed by atoms with Crippen molar-refractivity contribution in [2.45, 2.75) is 63.9 Å². The van der Waals surface area contributed by atoms with Crippen molar-refractivity contribution >= 4 is 5.97 Å². The molecule has 3 fully saturated rings. The van der Waals surface area contributed by atoms with E-state index >= 15 is 0 Å². The fourth-order valence-corrected chi connectivity index (χ4v) is 5.74. The number of hydrogen-bond acceptors (Lipinski definition) is 5. The first kappa shape index (κ1) is 15.6. The summed E-state index contributed by atoms with van der Waals surface area (Å²) < 4.78 is 17.0. The van der Waals surface area contributed by atoms with Crippen LogP contribution in [0, 0.1) is 16.7 Å². The molecule has 25 heavy (non-hydrogen) atoms. The lowest BCUT2D eigenvalue weighted by molar-refractivity contribution is -0.151. The lowest BCUT2D eigenvalue weighted by Gasteiger charge is -2.52. The maximum Gasteiger partial charge on any atom is 0.317 e. The van der Waals surface area contributed by atoms with Gasteiger partial charge in [0.05, 0.1) is 17.9 Å². The van der Waals surface area contributed by atoms with Crippen molar-refractivity contribution in [3.8, 4) is 0 Å². The van der Waals surface area contributed by atoms with Gasteiger partial charge < -0.3 is 19.0 Å². The zero-order chi connectivity index (χ0) is 17.6. The van der Waals surface area contributed by atoms with Crippen LogP contribution in [0.25, 0.3) is 0 Å². The molecule has 0 radical (unpaired) electrons. The Morgan fingerprint density at radius 3 is 2.84 bits per heavy atom. The third kappa shape index (κ3) is 1.69. The van der Waals surface area contributed by atoms with Crippen molar-refractivity contribution in [2.75, 3.05) is 0 Å². The number of furan rings is 1. The van der Waals surface area contributed by atoms with Crippen molar-refractivity contribution in [1.29, 1.82) is 0 Å². The van der Waals surface area contributed by atoms with Crippen LogP contribution >= 0.6 is 0 Å². The highest BCUT2D eigenvalue weighted by Crippen LogP contribution is 2.70. The minimum Gasteiger partial charge on any atom is -0.472 e. The smallest absolute Gasteiger partial charge is 0.317 e. The van der Waals surface area contributed by atoms with Crippen LogP contribution < -0.4 is 0 Å². The van der Waals surface area contributed by atoms with Crippen LogP contribution in [0.3, 0.4) is 0 Å². The monoisotopic (exact) mass is 344 g/mol. The van der Waals surface area contributed by atoms with E-state index in [1.165, 1.54) is 0 Å². The Morgan fingerprint density at radius 1 is 1.32 bits per heavy atom. The summed E-state index contributed by atoms with van der Waals surface area (Å²) in [6.45, 7) is 6.40. The highest BCUT2D eigenvalue weighted by atomic mass is 16.6. The molecule has 5 heteroatoms. The van der Waals surface area contributed by atoms with E-state index in [1.54, 1.807) is 12.5 Å². The number of fused-ring (bicyclic) bond motifs is 4. The normalized spacial score (nSPS) is 50.9.